The van der Waals surface area contributed by atoms with Gasteiger partial charge in [-0.05, 0) is 24.1 Å². The van der Waals surface area contributed by atoms with Crippen molar-refractivity contribution >= 4 is 14.1 Å². The van der Waals surface area contributed by atoms with Gasteiger partial charge in [0.25, 0.3) is 0 Å². The number of hydrogen-bond acceptors (Lipinski definition) is 2. The fourth-order valence-electron chi connectivity index (χ4n) is 1.12. The van der Waals surface area contributed by atoms with E-state index in [1.165, 1.54) is 0 Å². The maximum Gasteiger partial charge on any atom is 0.154 e. The predicted molar refractivity (Wildman–Crippen MR) is 69.8 cm³/mol. The van der Waals surface area contributed by atoms with Crippen LogP contribution < -0.4 is 4.98 Å². The van der Waals surface area contributed by atoms with E-state index in [9.17, 15) is 0 Å². The van der Waals surface area contributed by atoms with E-state index in [-0.39, 0.29) is 0 Å². The van der Waals surface area contributed by atoms with Crippen LogP contribution in [0.5, 0.6) is 0 Å². The summed E-state index contributed by atoms with van der Waals surface area (Å²) in [6.07, 6.45) is 0. The maximum absolute atomic E-state index is 4.50. The Bertz CT molecular complexity index is 340. The molecule has 1 aromatic rings. The first-order valence-electron chi connectivity index (χ1n) is 5.44. The van der Waals surface area contributed by atoms with Crippen LogP contribution >= 0.6 is 0 Å². The second-order valence-corrected chi connectivity index (χ2v) is 10.7. The molecule has 0 fully saturated rings. The van der Waals surface area contributed by atoms with E-state index in [1.807, 2.05) is 19.1 Å². The van der Waals surface area contributed by atoms with E-state index in [0.29, 0.717) is 5.04 Å². The van der Waals surface area contributed by atoms with Crippen molar-refractivity contribution in [3.05, 3.63) is 23.9 Å². The lowest BCUT2D eigenvalue weighted by atomic mass is 10.2. The van der Waals surface area contributed by atoms with E-state index in [2.05, 4.69) is 49.9 Å². The van der Waals surface area contributed by atoms with Crippen molar-refractivity contribution in [3.8, 4) is 0 Å². The largest absolute Gasteiger partial charge is 0.395 e. The Kier molecular flexibility index (Phi) is 3.24. The molecule has 15 heavy (non-hydrogen) atoms. The van der Waals surface area contributed by atoms with E-state index < -0.39 is 8.24 Å². The first-order valence-corrected chi connectivity index (χ1v) is 8.44. The molecule has 0 unspecified atom stereocenters. The lowest BCUT2D eigenvalue weighted by molar-refractivity contribution is 0.723. The first-order chi connectivity index (χ1) is 6.72. The Morgan fingerprint density at radius 2 is 1.80 bits per heavy atom. The molecule has 0 spiro atoms. The molecule has 1 N–H and O–H groups in total. The number of nitrogens with one attached hydrogen (secondary N) is 1. The highest BCUT2D eigenvalue weighted by atomic mass is 28.3. The van der Waals surface area contributed by atoms with Gasteiger partial charge in [0.15, 0.2) is 8.24 Å². The van der Waals surface area contributed by atoms with Gasteiger partial charge in [-0.1, -0.05) is 39.9 Å². The normalized spacial score (nSPS) is 12.7. The summed E-state index contributed by atoms with van der Waals surface area (Å²) >= 11 is 0. The molecule has 3 heteroatoms. The van der Waals surface area contributed by atoms with Gasteiger partial charge in [-0.2, -0.15) is 0 Å². The smallest absolute Gasteiger partial charge is 0.154 e. The highest BCUT2D eigenvalue weighted by Crippen LogP contribution is 2.35. The average Bonchev–Trinajstić information content (AvgIpc) is 2.00. The zero-order valence-corrected chi connectivity index (χ0v) is 11.7. The van der Waals surface area contributed by atoms with E-state index >= 15 is 0 Å². The SMILES string of the molecule is Cc1cccc(N[Si](C)(C)C(C)(C)C)n1. The topological polar surface area (TPSA) is 24.9 Å². The van der Waals surface area contributed by atoms with Crippen LogP contribution in [0.3, 0.4) is 0 Å². The second-order valence-electron chi connectivity index (χ2n) is 5.66. The molecule has 0 aliphatic carbocycles. The zero-order chi connectivity index (χ0) is 11.7. The molecule has 0 bridgehead atoms. The van der Waals surface area contributed by atoms with Gasteiger partial charge in [0, 0.05) is 5.69 Å². The molecule has 1 heterocycles. The Balaban J connectivity index is 2.87. The van der Waals surface area contributed by atoms with Crippen LogP contribution in [0.1, 0.15) is 26.5 Å². The monoisotopic (exact) mass is 222 g/mol. The molecule has 0 saturated carbocycles. The van der Waals surface area contributed by atoms with E-state index in [0.717, 1.165) is 11.5 Å². The minimum absolute atomic E-state index is 0.332. The van der Waals surface area contributed by atoms with Crippen molar-refractivity contribution in [2.75, 3.05) is 4.98 Å². The number of nitrogens with zero attached hydrogens (tertiary/aromatic N) is 1. The number of aryl methyl sites for hydroxylation is 1. The summed E-state index contributed by atoms with van der Waals surface area (Å²) in [4.78, 5) is 8.12. The van der Waals surface area contributed by atoms with Crippen molar-refractivity contribution in [1.29, 1.82) is 0 Å². The summed E-state index contributed by atoms with van der Waals surface area (Å²) < 4.78 is 0. The van der Waals surface area contributed by atoms with Crippen molar-refractivity contribution in [2.24, 2.45) is 0 Å². The Morgan fingerprint density at radius 1 is 1.20 bits per heavy atom. The quantitative estimate of drug-likeness (QED) is 0.770. The summed E-state index contributed by atoms with van der Waals surface area (Å²) in [5.74, 6) is 1.02. The molecule has 1 aromatic heterocycles. The predicted octanol–water partition coefficient (Wildman–Crippen LogP) is 3.81. The lowest BCUT2D eigenvalue weighted by Crippen LogP contribution is -2.46. The van der Waals surface area contributed by atoms with Crippen molar-refractivity contribution in [3.63, 3.8) is 0 Å². The summed E-state index contributed by atoms with van der Waals surface area (Å²) in [7, 11) is -1.48. The molecule has 84 valence electrons. The zero-order valence-electron chi connectivity index (χ0n) is 10.7. The van der Waals surface area contributed by atoms with Crippen LogP contribution in [0.15, 0.2) is 18.2 Å². The van der Waals surface area contributed by atoms with Crippen LogP contribution in [0, 0.1) is 6.92 Å². The lowest BCUT2D eigenvalue weighted by Gasteiger charge is -2.37. The van der Waals surface area contributed by atoms with E-state index in [4.69, 9.17) is 0 Å². The number of pyridine rings is 1. The second kappa shape index (κ2) is 3.97. The molecular weight excluding hydrogens is 200 g/mol. The van der Waals surface area contributed by atoms with Gasteiger partial charge in [-0.3, -0.25) is 0 Å². The van der Waals surface area contributed by atoms with Crippen molar-refractivity contribution < 1.29 is 0 Å². The van der Waals surface area contributed by atoms with Gasteiger partial charge in [0.05, 0.1) is 0 Å². The summed E-state index contributed by atoms with van der Waals surface area (Å²) in [5.41, 5.74) is 1.07. The number of hydrogen-bond donors (Lipinski definition) is 1. The third-order valence-electron chi connectivity index (χ3n) is 3.20. The maximum atomic E-state index is 4.50. The third-order valence-corrected chi connectivity index (χ3v) is 7.84. The molecule has 0 amide bonds. The van der Waals surface area contributed by atoms with Gasteiger partial charge >= 0.3 is 0 Å². The molecule has 0 aliphatic heterocycles. The van der Waals surface area contributed by atoms with Crippen LogP contribution in [0.2, 0.25) is 18.1 Å². The van der Waals surface area contributed by atoms with Crippen LogP contribution in [-0.2, 0) is 0 Å². The van der Waals surface area contributed by atoms with Crippen LogP contribution in [-0.4, -0.2) is 13.2 Å². The number of anilines is 1. The van der Waals surface area contributed by atoms with Crippen LogP contribution in [0.4, 0.5) is 5.82 Å². The molecule has 0 aromatic carbocycles. The highest BCUT2D eigenvalue weighted by molar-refractivity contribution is 6.82. The molecule has 2 nitrogen and oxygen atoms in total. The Hall–Kier alpha value is -0.833. The molecule has 0 radical (unpaired) electrons. The van der Waals surface area contributed by atoms with Gasteiger partial charge < -0.3 is 4.98 Å². The molecular formula is C12H22N2Si. The van der Waals surface area contributed by atoms with Crippen molar-refractivity contribution in [2.45, 2.75) is 45.8 Å². The Morgan fingerprint density at radius 3 is 2.27 bits per heavy atom. The fourth-order valence-corrected chi connectivity index (χ4v) is 2.27. The first kappa shape index (κ1) is 12.2. The van der Waals surface area contributed by atoms with Crippen LogP contribution in [0.25, 0.3) is 0 Å². The molecule has 1 rings (SSSR count). The highest BCUT2D eigenvalue weighted by Gasteiger charge is 2.35. The number of rotatable bonds is 2. The minimum Gasteiger partial charge on any atom is -0.395 e. The molecule has 0 atom stereocenters. The third kappa shape index (κ3) is 3.06. The summed E-state index contributed by atoms with van der Waals surface area (Å²) in [6.45, 7) is 13.6. The minimum atomic E-state index is -1.48. The van der Waals surface area contributed by atoms with Gasteiger partial charge in [0.1, 0.15) is 5.82 Å². The summed E-state index contributed by atoms with van der Waals surface area (Å²) in [5, 5.41) is 0.332. The fraction of sp³-hybridized carbons (Fsp3) is 0.583. The molecule has 0 aliphatic rings. The molecule has 0 saturated heterocycles. The average molecular weight is 222 g/mol. The number of aromatic nitrogens is 1. The van der Waals surface area contributed by atoms with E-state index in [1.54, 1.807) is 0 Å². The van der Waals surface area contributed by atoms with Gasteiger partial charge in [0.2, 0.25) is 0 Å². The Labute approximate surface area is 94.2 Å². The van der Waals surface area contributed by atoms with Crippen molar-refractivity contribution in [1.82, 2.24) is 4.98 Å². The van der Waals surface area contributed by atoms with Gasteiger partial charge in [-0.25, -0.2) is 4.98 Å². The summed E-state index contributed by atoms with van der Waals surface area (Å²) in [6, 6.07) is 6.13. The van der Waals surface area contributed by atoms with Gasteiger partial charge in [-0.15, -0.1) is 0 Å². The standard InChI is InChI=1S/C12H22N2Si/c1-10-8-7-9-11(13-10)14-15(5,6)12(2,3)4/h7-9H,1-6H3,(H,13,14).